The number of nitrogens with zero attached hydrogens (tertiary/aromatic N) is 3. The molecule has 5 nitrogen and oxygen atoms in total. The summed E-state index contributed by atoms with van der Waals surface area (Å²) in [4.78, 5) is 16.1. The SMILES string of the molecule is c1ccc2c(c1)oc1ccc(-c3ccc4oc5cccc(-c6nc(-c7ccc8c9ccccc9c9ccccc9c8c7)nc(-c7cccc8sc9ccccc9c78)n6)c5c4c3)cc12. The highest BCUT2D eigenvalue weighted by atomic mass is 32.1. The maximum Gasteiger partial charge on any atom is 0.164 e. The molecule has 0 unspecified atom stereocenters. The van der Waals surface area contributed by atoms with Gasteiger partial charge in [-0.1, -0.05) is 133 Å². The summed E-state index contributed by atoms with van der Waals surface area (Å²) in [5.41, 5.74) is 8.28. The van der Waals surface area contributed by atoms with Crippen LogP contribution in [0.3, 0.4) is 0 Å². The number of rotatable bonds is 4. The highest BCUT2D eigenvalue weighted by Gasteiger charge is 2.21. The van der Waals surface area contributed by atoms with E-state index in [2.05, 4.69) is 164 Å². The van der Waals surface area contributed by atoms with Crippen molar-refractivity contribution < 1.29 is 8.83 Å². The second kappa shape index (κ2) is 13.2. The molecule has 0 fully saturated rings. The van der Waals surface area contributed by atoms with Gasteiger partial charge in [-0.15, -0.1) is 11.3 Å². The number of fused-ring (bicyclic) bond motifs is 15. The topological polar surface area (TPSA) is 65.0 Å². The lowest BCUT2D eigenvalue weighted by Crippen LogP contribution is -2.01. The van der Waals surface area contributed by atoms with E-state index in [4.69, 9.17) is 23.8 Å². The Kier molecular flexibility index (Phi) is 7.21. The van der Waals surface area contributed by atoms with Crippen molar-refractivity contribution in [1.82, 2.24) is 15.0 Å². The minimum absolute atomic E-state index is 0.583. The van der Waals surface area contributed by atoms with Gasteiger partial charge in [-0.3, -0.25) is 0 Å². The smallest absolute Gasteiger partial charge is 0.164 e. The van der Waals surface area contributed by atoms with E-state index in [0.29, 0.717) is 17.5 Å². The fourth-order valence-corrected chi connectivity index (χ4v) is 11.0. The van der Waals surface area contributed by atoms with Crippen LogP contribution in [-0.4, -0.2) is 15.0 Å². The second-order valence-corrected chi connectivity index (χ2v) is 17.3. The molecule has 63 heavy (non-hydrogen) atoms. The molecular weight excluding hydrogens is 791 g/mol. The largest absolute Gasteiger partial charge is 0.456 e. The zero-order valence-corrected chi connectivity index (χ0v) is 34.3. The summed E-state index contributed by atoms with van der Waals surface area (Å²) >= 11 is 1.79. The molecule has 4 aromatic heterocycles. The maximum atomic E-state index is 6.59. The molecule has 0 bridgehead atoms. The Bertz CT molecular complexity index is 4200. The summed E-state index contributed by atoms with van der Waals surface area (Å²) in [5, 5.41) is 13.7. The highest BCUT2D eigenvalue weighted by molar-refractivity contribution is 7.25. The average Bonchev–Trinajstić information content (AvgIpc) is 4.05. The van der Waals surface area contributed by atoms with E-state index in [9.17, 15) is 0 Å². The fraction of sp³-hybridized carbons (Fsp3) is 0. The van der Waals surface area contributed by atoms with Gasteiger partial charge in [0.1, 0.15) is 22.3 Å². The molecule has 0 saturated carbocycles. The summed E-state index contributed by atoms with van der Waals surface area (Å²) in [7, 11) is 0. The molecule has 0 aliphatic heterocycles. The Labute approximate surface area is 363 Å². The predicted molar refractivity (Wildman–Crippen MR) is 262 cm³/mol. The molecule has 0 amide bonds. The van der Waals surface area contributed by atoms with Crippen molar-refractivity contribution in [3.63, 3.8) is 0 Å². The summed E-state index contributed by atoms with van der Waals surface area (Å²) in [6.45, 7) is 0. The molecule has 0 aliphatic carbocycles. The molecule has 6 heteroatoms. The Morgan fingerprint density at radius 3 is 1.51 bits per heavy atom. The van der Waals surface area contributed by atoms with Crippen LogP contribution in [0.4, 0.5) is 0 Å². The third kappa shape index (κ3) is 5.19. The van der Waals surface area contributed by atoms with E-state index in [-0.39, 0.29) is 0 Å². The summed E-state index contributed by atoms with van der Waals surface area (Å²) < 4.78 is 15.2. The number of para-hydroxylation sites is 1. The zero-order chi connectivity index (χ0) is 41.2. The van der Waals surface area contributed by atoms with Gasteiger partial charge in [0.25, 0.3) is 0 Å². The zero-order valence-electron chi connectivity index (χ0n) is 33.5. The Morgan fingerprint density at radius 1 is 0.286 bits per heavy atom. The second-order valence-electron chi connectivity index (χ2n) is 16.2. The Morgan fingerprint density at radius 2 is 0.762 bits per heavy atom. The molecule has 14 rings (SSSR count). The van der Waals surface area contributed by atoms with Gasteiger partial charge in [0.2, 0.25) is 0 Å². The normalized spacial score (nSPS) is 12.1. The van der Waals surface area contributed by atoms with Gasteiger partial charge in [-0.25, -0.2) is 15.0 Å². The number of hydrogen-bond donors (Lipinski definition) is 0. The van der Waals surface area contributed by atoms with Gasteiger partial charge in [0.05, 0.1) is 0 Å². The summed E-state index contributed by atoms with van der Waals surface area (Å²) in [6, 6.07) is 66.2. The molecule has 10 aromatic carbocycles. The Balaban J connectivity index is 1.02. The van der Waals surface area contributed by atoms with Crippen LogP contribution >= 0.6 is 11.3 Å². The number of furan rings is 2. The van der Waals surface area contributed by atoms with Crippen LogP contribution in [0.25, 0.3) is 142 Å². The first-order valence-corrected chi connectivity index (χ1v) is 21.9. The third-order valence-electron chi connectivity index (χ3n) is 12.7. The molecule has 0 spiro atoms. The van der Waals surface area contributed by atoms with Crippen LogP contribution in [0.1, 0.15) is 0 Å². The molecule has 0 aliphatic rings. The highest BCUT2D eigenvalue weighted by Crippen LogP contribution is 2.43. The minimum atomic E-state index is 0.583. The predicted octanol–water partition coefficient (Wildman–Crippen LogP) is 16.2. The lowest BCUT2D eigenvalue weighted by Gasteiger charge is -2.13. The van der Waals surface area contributed by atoms with Gasteiger partial charge >= 0.3 is 0 Å². The number of hydrogen-bond acceptors (Lipinski definition) is 6. The van der Waals surface area contributed by atoms with Crippen molar-refractivity contribution in [2.75, 3.05) is 0 Å². The van der Waals surface area contributed by atoms with Gasteiger partial charge in [0, 0.05) is 58.4 Å². The van der Waals surface area contributed by atoms with Gasteiger partial charge < -0.3 is 8.83 Å². The number of aromatic nitrogens is 3. The maximum absolute atomic E-state index is 6.59. The molecule has 0 N–H and O–H groups in total. The van der Waals surface area contributed by atoms with Crippen molar-refractivity contribution in [3.05, 3.63) is 188 Å². The Hall–Kier alpha value is -8.19. The molecule has 4 heterocycles. The van der Waals surface area contributed by atoms with Crippen LogP contribution in [0.15, 0.2) is 197 Å². The van der Waals surface area contributed by atoms with Crippen molar-refractivity contribution in [2.24, 2.45) is 0 Å². The minimum Gasteiger partial charge on any atom is -0.456 e. The monoisotopic (exact) mass is 821 g/mol. The number of thiophene rings is 1. The van der Waals surface area contributed by atoms with Crippen LogP contribution in [-0.2, 0) is 0 Å². The van der Waals surface area contributed by atoms with E-state index in [1.807, 2.05) is 24.3 Å². The first kappa shape index (κ1) is 34.5. The van der Waals surface area contributed by atoms with Crippen LogP contribution in [0.2, 0.25) is 0 Å². The van der Waals surface area contributed by atoms with E-state index >= 15 is 0 Å². The lowest BCUT2D eigenvalue weighted by molar-refractivity contribution is 0.668. The molecule has 0 saturated heterocycles. The molecule has 0 atom stereocenters. The van der Waals surface area contributed by atoms with E-state index in [1.165, 1.54) is 41.7 Å². The van der Waals surface area contributed by atoms with Crippen molar-refractivity contribution in [2.45, 2.75) is 0 Å². The molecule has 292 valence electrons. The number of benzene rings is 10. The lowest BCUT2D eigenvalue weighted by atomic mass is 9.93. The van der Waals surface area contributed by atoms with Gasteiger partial charge in [-0.2, -0.15) is 0 Å². The quantitative estimate of drug-likeness (QED) is 0.165. The van der Waals surface area contributed by atoms with Crippen LogP contribution < -0.4 is 0 Å². The summed E-state index contributed by atoms with van der Waals surface area (Å²) in [5.74, 6) is 1.82. The van der Waals surface area contributed by atoms with E-state index in [0.717, 1.165) is 82.5 Å². The average molecular weight is 822 g/mol. The third-order valence-corrected chi connectivity index (χ3v) is 13.9. The van der Waals surface area contributed by atoms with E-state index in [1.54, 1.807) is 11.3 Å². The first-order chi connectivity index (χ1) is 31.2. The van der Waals surface area contributed by atoms with Crippen LogP contribution in [0, 0.1) is 0 Å². The first-order valence-electron chi connectivity index (χ1n) is 21.1. The van der Waals surface area contributed by atoms with E-state index < -0.39 is 0 Å². The van der Waals surface area contributed by atoms with Crippen molar-refractivity contribution >= 4 is 108 Å². The van der Waals surface area contributed by atoms with Gasteiger partial charge in [-0.05, 0) is 98.0 Å². The standard InChI is InChI=1S/C57H31N3O2S/c1-2-13-37-35(11-1)36-12-3-4-14-38(36)44-31-34(23-26-39(37)44)55-58-56(60-57(59-55)43-18-10-22-52-54(43)41-16-6-8-21-51(41)63-52)42-17-9-20-50-53(42)46-30-33(25-28-49(46)62-50)32-24-27-48-45(29-32)40-15-5-7-19-47(40)61-48/h1-31H. The summed E-state index contributed by atoms with van der Waals surface area (Å²) in [6.07, 6.45) is 0. The van der Waals surface area contributed by atoms with Crippen molar-refractivity contribution in [1.29, 1.82) is 0 Å². The molecular formula is C57H31N3O2S. The fourth-order valence-electron chi connectivity index (χ4n) is 9.85. The van der Waals surface area contributed by atoms with Crippen molar-refractivity contribution in [3.8, 4) is 45.3 Å². The molecule has 14 aromatic rings. The van der Waals surface area contributed by atoms with Gasteiger partial charge in [0.15, 0.2) is 17.5 Å². The van der Waals surface area contributed by atoms with Crippen LogP contribution in [0.5, 0.6) is 0 Å². The molecule has 0 radical (unpaired) electrons.